The first-order valence-electron chi connectivity index (χ1n) is 11.8. The van der Waals surface area contributed by atoms with Crippen molar-refractivity contribution in [2.24, 2.45) is 0 Å². The van der Waals surface area contributed by atoms with Crippen molar-refractivity contribution in [2.45, 2.75) is 36.9 Å². The van der Waals surface area contributed by atoms with Crippen LogP contribution in [-0.2, 0) is 34.1 Å². The number of furan rings is 1. The summed E-state index contributed by atoms with van der Waals surface area (Å²) in [7, 11) is -3.97. The third-order valence-corrected chi connectivity index (χ3v) is 8.06. The minimum Gasteiger partial charge on any atom is -0.489 e. The Morgan fingerprint density at radius 2 is 1.76 bits per heavy atom. The number of hydrogen-bond acceptors (Lipinski definition) is 5. The lowest BCUT2D eigenvalue weighted by Gasteiger charge is -2.37. The molecule has 0 radical (unpaired) electrons. The minimum atomic E-state index is -4.40. The molecule has 38 heavy (non-hydrogen) atoms. The highest BCUT2D eigenvalue weighted by Gasteiger charge is 2.44. The van der Waals surface area contributed by atoms with Crippen molar-refractivity contribution in [3.8, 4) is 5.75 Å². The van der Waals surface area contributed by atoms with Gasteiger partial charge in [0.2, 0.25) is 11.0 Å². The zero-order valence-corrected chi connectivity index (χ0v) is 20.8. The molecule has 1 saturated heterocycles. The van der Waals surface area contributed by atoms with E-state index in [0.29, 0.717) is 34.3 Å². The standard InChI is InChI=1S/C27H23F3N2O5S/c28-27(29,30)21-10-8-18(9-11-21)17-36-22-6-3-4-19(14-22)16-31-26(33)23-12-13-32(23)38(34,35)25-15-20-5-1-2-7-24(20)37-25/h1-11,14-15,23H,12-13,16-17H2,(H,31,33). The smallest absolute Gasteiger partial charge is 0.416 e. The van der Waals surface area contributed by atoms with Gasteiger partial charge in [-0.1, -0.05) is 42.5 Å². The Balaban J connectivity index is 1.17. The van der Waals surface area contributed by atoms with E-state index >= 15 is 0 Å². The Morgan fingerprint density at radius 3 is 2.45 bits per heavy atom. The third kappa shape index (κ3) is 5.39. The van der Waals surface area contributed by atoms with Crippen LogP contribution < -0.4 is 10.1 Å². The number of carbonyl (C=O) groups excluding carboxylic acids is 1. The monoisotopic (exact) mass is 544 g/mol. The molecule has 0 aliphatic carbocycles. The fourth-order valence-corrected chi connectivity index (χ4v) is 5.71. The molecule has 1 aliphatic rings. The molecule has 0 spiro atoms. The summed E-state index contributed by atoms with van der Waals surface area (Å²) in [6.45, 7) is 0.431. The lowest BCUT2D eigenvalue weighted by molar-refractivity contribution is -0.137. The first-order valence-corrected chi connectivity index (χ1v) is 13.2. The van der Waals surface area contributed by atoms with Crippen LogP contribution in [0.25, 0.3) is 11.0 Å². The second kappa shape index (κ2) is 10.1. The first kappa shape index (κ1) is 25.8. The van der Waals surface area contributed by atoms with E-state index in [1.807, 2.05) is 0 Å². The number of sulfonamides is 1. The molecular formula is C27H23F3N2O5S. The van der Waals surface area contributed by atoms with Crippen LogP contribution in [-0.4, -0.2) is 31.2 Å². The number of ether oxygens (including phenoxy) is 1. The van der Waals surface area contributed by atoms with Gasteiger partial charge in [-0.05, 0) is 47.9 Å². The van der Waals surface area contributed by atoms with Crippen molar-refractivity contribution in [1.29, 1.82) is 0 Å². The largest absolute Gasteiger partial charge is 0.489 e. The molecule has 7 nitrogen and oxygen atoms in total. The summed E-state index contributed by atoms with van der Waals surface area (Å²) in [5, 5.41) is 3.22. The highest BCUT2D eigenvalue weighted by atomic mass is 32.2. The van der Waals surface area contributed by atoms with Crippen LogP contribution in [0.1, 0.15) is 23.1 Å². The predicted molar refractivity (Wildman–Crippen MR) is 133 cm³/mol. The molecule has 0 saturated carbocycles. The van der Waals surface area contributed by atoms with Gasteiger partial charge in [0.15, 0.2) is 0 Å². The Hall–Kier alpha value is -3.83. The molecule has 2 heterocycles. The number of nitrogens with zero attached hydrogens (tertiary/aromatic N) is 1. The number of alkyl halides is 3. The number of carbonyl (C=O) groups is 1. The molecule has 1 aromatic heterocycles. The van der Waals surface area contributed by atoms with Crippen molar-refractivity contribution in [2.75, 3.05) is 6.54 Å². The van der Waals surface area contributed by atoms with Gasteiger partial charge in [0.1, 0.15) is 24.0 Å². The van der Waals surface area contributed by atoms with Gasteiger partial charge >= 0.3 is 6.18 Å². The maximum absolute atomic E-state index is 13.1. The Labute approximate surface area is 216 Å². The van der Waals surface area contributed by atoms with E-state index in [1.54, 1.807) is 48.5 Å². The molecule has 3 aromatic carbocycles. The van der Waals surface area contributed by atoms with E-state index in [4.69, 9.17) is 9.15 Å². The van der Waals surface area contributed by atoms with E-state index in [9.17, 15) is 26.4 Å². The first-order chi connectivity index (χ1) is 18.1. The lowest BCUT2D eigenvalue weighted by atomic mass is 10.1. The third-order valence-electron chi connectivity index (χ3n) is 6.29. The molecular weight excluding hydrogens is 521 g/mol. The number of hydrogen-bond donors (Lipinski definition) is 1. The van der Waals surface area contributed by atoms with Crippen molar-refractivity contribution in [3.63, 3.8) is 0 Å². The molecule has 1 aliphatic heterocycles. The Bertz CT molecular complexity index is 1530. The SMILES string of the molecule is O=C(NCc1cccc(OCc2ccc(C(F)(F)F)cc2)c1)C1CCN1S(=O)(=O)c1cc2ccccc2o1. The number of para-hydroxylation sites is 1. The summed E-state index contributed by atoms with van der Waals surface area (Å²) in [6.07, 6.45) is -4.01. The number of amides is 1. The van der Waals surface area contributed by atoms with Crippen LogP contribution in [0.3, 0.4) is 0 Å². The number of rotatable bonds is 8. The summed E-state index contributed by atoms with van der Waals surface area (Å²) in [5.41, 5.74) is 1.02. The van der Waals surface area contributed by atoms with E-state index in [2.05, 4.69) is 5.32 Å². The molecule has 5 rings (SSSR count). The van der Waals surface area contributed by atoms with Crippen molar-refractivity contribution in [3.05, 3.63) is 95.6 Å². The lowest BCUT2D eigenvalue weighted by Crippen LogP contribution is -2.57. The van der Waals surface area contributed by atoms with Gasteiger partial charge in [0, 0.05) is 24.5 Å². The summed E-state index contributed by atoms with van der Waals surface area (Å²) in [4.78, 5) is 12.8. The molecule has 0 bridgehead atoms. The quantitative estimate of drug-likeness (QED) is 0.333. The van der Waals surface area contributed by atoms with Gasteiger partial charge in [-0.25, -0.2) is 8.42 Å². The van der Waals surface area contributed by atoms with Crippen molar-refractivity contribution in [1.82, 2.24) is 9.62 Å². The zero-order chi connectivity index (χ0) is 26.9. The highest BCUT2D eigenvalue weighted by Crippen LogP contribution is 2.31. The van der Waals surface area contributed by atoms with Gasteiger partial charge in [-0.15, -0.1) is 0 Å². The summed E-state index contributed by atoms with van der Waals surface area (Å²) in [5.74, 6) is 0.0568. The maximum atomic E-state index is 13.1. The number of benzene rings is 3. The molecule has 1 N–H and O–H groups in total. The molecule has 11 heteroatoms. The van der Waals surface area contributed by atoms with Gasteiger partial charge in [0.25, 0.3) is 10.0 Å². The second-order valence-corrected chi connectivity index (χ2v) is 10.7. The van der Waals surface area contributed by atoms with Gasteiger partial charge in [-0.3, -0.25) is 4.79 Å². The van der Waals surface area contributed by atoms with E-state index in [1.165, 1.54) is 18.2 Å². The van der Waals surface area contributed by atoms with Gasteiger partial charge in [0.05, 0.1) is 5.56 Å². The number of halogens is 3. The summed E-state index contributed by atoms with van der Waals surface area (Å²) in [6, 6.07) is 19.2. The fraction of sp³-hybridized carbons (Fsp3) is 0.222. The zero-order valence-electron chi connectivity index (χ0n) is 19.9. The molecule has 1 atom stereocenters. The predicted octanol–water partition coefficient (Wildman–Crippen LogP) is 5.11. The molecule has 4 aromatic rings. The average Bonchev–Trinajstić information content (AvgIpc) is 3.31. The molecule has 198 valence electrons. The van der Waals surface area contributed by atoms with Crippen LogP contribution in [0.2, 0.25) is 0 Å². The molecule has 1 amide bonds. The number of nitrogens with one attached hydrogen (secondary N) is 1. The van der Waals surface area contributed by atoms with Crippen LogP contribution in [0.15, 0.2) is 88.4 Å². The highest BCUT2D eigenvalue weighted by molar-refractivity contribution is 7.89. The fourth-order valence-electron chi connectivity index (χ4n) is 4.12. The van der Waals surface area contributed by atoms with E-state index < -0.39 is 33.7 Å². The average molecular weight is 545 g/mol. The van der Waals surface area contributed by atoms with Gasteiger partial charge < -0.3 is 14.5 Å². The summed E-state index contributed by atoms with van der Waals surface area (Å²) < 4.78 is 76.6. The summed E-state index contributed by atoms with van der Waals surface area (Å²) >= 11 is 0. The van der Waals surface area contributed by atoms with Crippen LogP contribution in [0.4, 0.5) is 13.2 Å². The number of fused-ring (bicyclic) bond motifs is 1. The second-order valence-electron chi connectivity index (χ2n) is 8.87. The molecule has 1 fully saturated rings. The Morgan fingerprint density at radius 1 is 1.00 bits per heavy atom. The van der Waals surface area contributed by atoms with E-state index in [-0.39, 0.29) is 24.8 Å². The van der Waals surface area contributed by atoms with Crippen LogP contribution >= 0.6 is 0 Å². The van der Waals surface area contributed by atoms with Crippen molar-refractivity contribution < 1.29 is 35.5 Å². The van der Waals surface area contributed by atoms with E-state index in [0.717, 1.165) is 16.4 Å². The van der Waals surface area contributed by atoms with Crippen molar-refractivity contribution >= 4 is 26.9 Å². The topological polar surface area (TPSA) is 88.9 Å². The minimum absolute atomic E-state index is 0.0740. The van der Waals surface area contributed by atoms with Gasteiger partial charge in [-0.2, -0.15) is 17.5 Å². The Kier molecular flexibility index (Phi) is 6.89. The normalized spacial score (nSPS) is 16.2. The van der Waals surface area contributed by atoms with Crippen LogP contribution in [0, 0.1) is 0 Å². The van der Waals surface area contributed by atoms with Crippen LogP contribution in [0.5, 0.6) is 5.75 Å². The molecule has 1 unspecified atom stereocenters. The maximum Gasteiger partial charge on any atom is 0.416 e.